The fraction of sp³-hybridized carbons (Fsp3) is 0.786. The average Bonchev–Trinajstić information content (AvgIpc) is 2.78. The number of rotatable bonds is 4. The summed E-state index contributed by atoms with van der Waals surface area (Å²) >= 11 is 0. The van der Waals surface area contributed by atoms with Gasteiger partial charge in [-0.1, -0.05) is 13.3 Å². The van der Waals surface area contributed by atoms with Crippen molar-refractivity contribution < 1.29 is 4.42 Å². The standard InChI is InChI=1S/C14H25N3O/c1-5-6-13-9-17(10(2)7-15-13)12(4)14-16-8-11(3)18-14/h8,10,12-13,15H,5-7,9H2,1-4H3. The number of oxazole rings is 1. The van der Waals surface area contributed by atoms with Crippen molar-refractivity contribution in [3.8, 4) is 0 Å². The molecule has 0 spiro atoms. The number of nitrogens with zero attached hydrogens (tertiary/aromatic N) is 2. The lowest BCUT2D eigenvalue weighted by atomic mass is 10.0. The highest BCUT2D eigenvalue weighted by Gasteiger charge is 2.30. The van der Waals surface area contributed by atoms with Crippen molar-refractivity contribution in [2.45, 2.75) is 58.7 Å². The number of piperazine rings is 1. The van der Waals surface area contributed by atoms with Gasteiger partial charge >= 0.3 is 0 Å². The summed E-state index contributed by atoms with van der Waals surface area (Å²) in [6.45, 7) is 10.8. The fourth-order valence-corrected chi connectivity index (χ4v) is 2.74. The van der Waals surface area contributed by atoms with E-state index in [2.05, 4.69) is 36.0 Å². The molecule has 0 radical (unpaired) electrons. The highest BCUT2D eigenvalue weighted by Crippen LogP contribution is 2.24. The zero-order valence-corrected chi connectivity index (χ0v) is 11.9. The first-order valence-electron chi connectivity index (χ1n) is 7.03. The van der Waals surface area contributed by atoms with Crippen LogP contribution in [0.3, 0.4) is 0 Å². The molecule has 0 amide bonds. The molecule has 1 aromatic heterocycles. The van der Waals surface area contributed by atoms with Crippen LogP contribution in [0, 0.1) is 6.92 Å². The van der Waals surface area contributed by atoms with Crippen LogP contribution in [0.1, 0.15) is 51.3 Å². The summed E-state index contributed by atoms with van der Waals surface area (Å²) in [5.41, 5.74) is 0. The van der Waals surface area contributed by atoms with E-state index in [0.29, 0.717) is 12.1 Å². The number of nitrogens with one attached hydrogen (secondary N) is 1. The fourth-order valence-electron chi connectivity index (χ4n) is 2.74. The normalized spacial score (nSPS) is 27.3. The van der Waals surface area contributed by atoms with E-state index in [-0.39, 0.29) is 6.04 Å². The van der Waals surface area contributed by atoms with Crippen LogP contribution in [0.5, 0.6) is 0 Å². The monoisotopic (exact) mass is 251 g/mol. The zero-order valence-electron chi connectivity index (χ0n) is 11.9. The SMILES string of the molecule is CCCC1CN(C(C)c2ncc(C)o2)C(C)CN1. The van der Waals surface area contributed by atoms with Gasteiger partial charge in [0.25, 0.3) is 0 Å². The smallest absolute Gasteiger partial charge is 0.211 e. The molecule has 1 aliphatic rings. The van der Waals surface area contributed by atoms with Crippen LogP contribution >= 0.6 is 0 Å². The maximum Gasteiger partial charge on any atom is 0.211 e. The molecule has 4 nitrogen and oxygen atoms in total. The van der Waals surface area contributed by atoms with Crippen LogP contribution < -0.4 is 5.32 Å². The van der Waals surface area contributed by atoms with Crippen molar-refractivity contribution in [2.24, 2.45) is 0 Å². The largest absolute Gasteiger partial charge is 0.444 e. The molecule has 4 heteroatoms. The Bertz CT molecular complexity index is 377. The Morgan fingerprint density at radius 3 is 3.00 bits per heavy atom. The maximum absolute atomic E-state index is 5.67. The van der Waals surface area contributed by atoms with E-state index in [1.54, 1.807) is 0 Å². The van der Waals surface area contributed by atoms with E-state index in [1.807, 2.05) is 13.1 Å². The van der Waals surface area contributed by atoms with Gasteiger partial charge in [-0.25, -0.2) is 4.98 Å². The summed E-state index contributed by atoms with van der Waals surface area (Å²) in [6.07, 6.45) is 4.27. The van der Waals surface area contributed by atoms with Crippen LogP contribution in [-0.2, 0) is 0 Å². The van der Waals surface area contributed by atoms with E-state index >= 15 is 0 Å². The van der Waals surface area contributed by atoms with Crippen molar-refractivity contribution in [3.63, 3.8) is 0 Å². The van der Waals surface area contributed by atoms with Gasteiger partial charge in [0.1, 0.15) is 5.76 Å². The minimum absolute atomic E-state index is 0.259. The highest BCUT2D eigenvalue weighted by molar-refractivity contribution is 4.98. The van der Waals surface area contributed by atoms with Crippen molar-refractivity contribution in [1.29, 1.82) is 0 Å². The highest BCUT2D eigenvalue weighted by atomic mass is 16.4. The van der Waals surface area contributed by atoms with E-state index in [0.717, 1.165) is 24.7 Å². The molecule has 1 saturated heterocycles. The molecule has 102 valence electrons. The minimum atomic E-state index is 0.259. The van der Waals surface area contributed by atoms with Crippen molar-refractivity contribution >= 4 is 0 Å². The summed E-state index contributed by atoms with van der Waals surface area (Å²) in [6, 6.07) is 1.39. The van der Waals surface area contributed by atoms with Crippen LogP contribution in [-0.4, -0.2) is 35.1 Å². The maximum atomic E-state index is 5.67. The van der Waals surface area contributed by atoms with Gasteiger partial charge in [0.15, 0.2) is 0 Å². The third-order valence-corrected chi connectivity index (χ3v) is 3.83. The van der Waals surface area contributed by atoms with E-state index in [9.17, 15) is 0 Å². The molecule has 3 unspecified atom stereocenters. The van der Waals surface area contributed by atoms with Gasteiger partial charge in [-0.2, -0.15) is 0 Å². The molecular formula is C14H25N3O. The molecule has 2 rings (SSSR count). The predicted octanol–water partition coefficient (Wildman–Crippen LogP) is 2.51. The van der Waals surface area contributed by atoms with Crippen molar-refractivity contribution in [3.05, 3.63) is 17.8 Å². The lowest BCUT2D eigenvalue weighted by Gasteiger charge is -2.41. The molecule has 2 heterocycles. The lowest BCUT2D eigenvalue weighted by molar-refractivity contribution is 0.0820. The first-order chi connectivity index (χ1) is 8.61. The molecule has 1 aromatic rings. The first kappa shape index (κ1) is 13.6. The molecule has 0 saturated carbocycles. The summed E-state index contributed by atoms with van der Waals surface area (Å²) in [5.74, 6) is 1.74. The third kappa shape index (κ3) is 2.93. The third-order valence-electron chi connectivity index (χ3n) is 3.83. The lowest BCUT2D eigenvalue weighted by Crippen LogP contribution is -2.55. The van der Waals surface area contributed by atoms with Gasteiger partial charge in [-0.15, -0.1) is 0 Å². The first-order valence-corrected chi connectivity index (χ1v) is 7.03. The quantitative estimate of drug-likeness (QED) is 0.892. The summed E-state index contributed by atoms with van der Waals surface area (Å²) < 4.78 is 5.67. The molecule has 18 heavy (non-hydrogen) atoms. The van der Waals surface area contributed by atoms with Gasteiger partial charge in [0.2, 0.25) is 5.89 Å². The van der Waals surface area contributed by atoms with Gasteiger partial charge in [-0.3, -0.25) is 4.90 Å². The molecule has 1 fully saturated rings. The summed E-state index contributed by atoms with van der Waals surface area (Å²) in [5, 5.41) is 3.62. The Kier molecular flexibility index (Phi) is 4.40. The zero-order chi connectivity index (χ0) is 13.1. The number of hydrogen-bond acceptors (Lipinski definition) is 4. The van der Waals surface area contributed by atoms with Crippen molar-refractivity contribution in [1.82, 2.24) is 15.2 Å². The topological polar surface area (TPSA) is 41.3 Å². The van der Waals surface area contributed by atoms with E-state index in [1.165, 1.54) is 12.8 Å². The molecule has 0 aromatic carbocycles. The summed E-state index contributed by atoms with van der Waals surface area (Å²) in [7, 11) is 0. The Morgan fingerprint density at radius 1 is 1.61 bits per heavy atom. The van der Waals surface area contributed by atoms with Crippen LogP contribution in [0.15, 0.2) is 10.6 Å². The van der Waals surface area contributed by atoms with Gasteiger partial charge in [0, 0.05) is 25.2 Å². The van der Waals surface area contributed by atoms with E-state index < -0.39 is 0 Å². The van der Waals surface area contributed by atoms with Crippen LogP contribution in [0.4, 0.5) is 0 Å². The molecule has 0 bridgehead atoms. The van der Waals surface area contributed by atoms with Crippen molar-refractivity contribution in [2.75, 3.05) is 13.1 Å². The second-order valence-corrected chi connectivity index (χ2v) is 5.42. The predicted molar refractivity (Wildman–Crippen MR) is 72.5 cm³/mol. The molecular weight excluding hydrogens is 226 g/mol. The Labute approximate surface area is 110 Å². The summed E-state index contributed by atoms with van der Waals surface area (Å²) in [4.78, 5) is 6.87. The average molecular weight is 251 g/mol. The second kappa shape index (κ2) is 5.85. The van der Waals surface area contributed by atoms with Gasteiger partial charge in [-0.05, 0) is 27.2 Å². The Hall–Kier alpha value is -0.870. The number of hydrogen-bond donors (Lipinski definition) is 1. The molecule has 3 atom stereocenters. The molecule has 1 N–H and O–H groups in total. The number of aryl methyl sites for hydroxylation is 1. The minimum Gasteiger partial charge on any atom is -0.444 e. The van der Waals surface area contributed by atoms with Gasteiger partial charge in [0.05, 0.1) is 12.2 Å². The second-order valence-electron chi connectivity index (χ2n) is 5.42. The van der Waals surface area contributed by atoms with Crippen LogP contribution in [0.25, 0.3) is 0 Å². The molecule has 1 aliphatic heterocycles. The van der Waals surface area contributed by atoms with Crippen LogP contribution in [0.2, 0.25) is 0 Å². The Balaban J connectivity index is 2.05. The molecule has 0 aliphatic carbocycles. The van der Waals surface area contributed by atoms with E-state index in [4.69, 9.17) is 4.42 Å². The van der Waals surface area contributed by atoms with Gasteiger partial charge < -0.3 is 9.73 Å². The number of aromatic nitrogens is 1. The Morgan fingerprint density at radius 2 is 2.39 bits per heavy atom.